The average molecular weight is 379 g/mol. The minimum Gasteiger partial charge on any atom is -0.410 e. The molecule has 0 unspecified atom stereocenters. The maximum absolute atomic E-state index is 13.0. The first-order valence-corrected chi connectivity index (χ1v) is 8.81. The van der Waals surface area contributed by atoms with E-state index < -0.39 is 29.4 Å². The number of imide groups is 1. The van der Waals surface area contributed by atoms with Crippen LogP contribution in [0.2, 0.25) is 0 Å². The number of aryl methyl sites for hydroxylation is 4. The molecule has 3 amide bonds. The fraction of sp³-hybridized carbons (Fsp3) is 0.238. The molecule has 0 spiro atoms. The lowest BCUT2D eigenvalue weighted by Gasteiger charge is -2.19. The maximum Gasteiger partial charge on any atom is 0.284 e. The number of oxime groups is 1. The molecule has 28 heavy (non-hydrogen) atoms. The van der Waals surface area contributed by atoms with Gasteiger partial charge in [0.15, 0.2) is 11.6 Å². The van der Waals surface area contributed by atoms with Crippen LogP contribution < -0.4 is 10.2 Å². The number of anilines is 2. The van der Waals surface area contributed by atoms with Gasteiger partial charge in [0.25, 0.3) is 11.8 Å². The molecule has 1 heterocycles. The summed E-state index contributed by atoms with van der Waals surface area (Å²) in [5.74, 6) is -3.77. The zero-order valence-electron chi connectivity index (χ0n) is 16.1. The van der Waals surface area contributed by atoms with Crippen molar-refractivity contribution < 1.29 is 19.6 Å². The molecule has 0 bridgehead atoms. The van der Waals surface area contributed by atoms with E-state index in [1.165, 1.54) is 0 Å². The van der Waals surface area contributed by atoms with Crippen LogP contribution in [-0.4, -0.2) is 28.6 Å². The lowest BCUT2D eigenvalue weighted by Crippen LogP contribution is -2.35. The summed E-state index contributed by atoms with van der Waals surface area (Å²) < 4.78 is 0. The molecule has 1 aliphatic rings. The normalized spacial score (nSPS) is 18.1. The molecule has 0 saturated carbocycles. The van der Waals surface area contributed by atoms with Crippen LogP contribution in [0.3, 0.4) is 0 Å². The Morgan fingerprint density at radius 3 is 1.96 bits per heavy atom. The minimum absolute atomic E-state index is 0.404. The zero-order valence-corrected chi connectivity index (χ0v) is 16.1. The first-order valence-electron chi connectivity index (χ1n) is 8.81. The van der Waals surface area contributed by atoms with E-state index in [2.05, 4.69) is 10.5 Å². The second-order valence-electron chi connectivity index (χ2n) is 6.89. The fourth-order valence-electron chi connectivity index (χ4n) is 3.50. The summed E-state index contributed by atoms with van der Waals surface area (Å²) in [7, 11) is 0. The molecule has 1 saturated heterocycles. The fourth-order valence-corrected chi connectivity index (χ4v) is 3.50. The van der Waals surface area contributed by atoms with Crippen molar-refractivity contribution in [1.82, 2.24) is 0 Å². The van der Waals surface area contributed by atoms with Gasteiger partial charge in [-0.05, 0) is 49.9 Å². The van der Waals surface area contributed by atoms with Gasteiger partial charge in [-0.15, -0.1) is 0 Å². The van der Waals surface area contributed by atoms with Crippen molar-refractivity contribution in [1.29, 1.82) is 0 Å². The Kier molecular flexibility index (Phi) is 5.00. The Morgan fingerprint density at radius 1 is 0.964 bits per heavy atom. The predicted octanol–water partition coefficient (Wildman–Crippen LogP) is 2.88. The summed E-state index contributed by atoms with van der Waals surface area (Å²) in [6.45, 7) is 7.19. The number of benzene rings is 2. The summed E-state index contributed by atoms with van der Waals surface area (Å²) in [4.78, 5) is 39.6. The number of amides is 3. The number of nitrogens with one attached hydrogen (secondary N) is 1. The van der Waals surface area contributed by atoms with Gasteiger partial charge in [-0.2, -0.15) is 0 Å². The molecule has 3 rings (SSSR count). The van der Waals surface area contributed by atoms with Crippen LogP contribution >= 0.6 is 0 Å². The van der Waals surface area contributed by atoms with Crippen molar-refractivity contribution in [3.05, 3.63) is 58.7 Å². The molecule has 7 nitrogen and oxygen atoms in total. The van der Waals surface area contributed by atoms with Gasteiger partial charge in [-0.1, -0.05) is 41.6 Å². The van der Waals surface area contributed by atoms with Crippen molar-refractivity contribution in [3.63, 3.8) is 0 Å². The number of hydrogen-bond acceptors (Lipinski definition) is 5. The highest BCUT2D eigenvalue weighted by Gasteiger charge is 2.51. The van der Waals surface area contributed by atoms with Crippen LogP contribution in [0.4, 0.5) is 11.4 Å². The standard InChI is InChI=1S/C21H21N3O4/c1-11-7-5-8-12(2)16(11)22-19(25)15-17(23-28)21(27)24(20(15)26)18-13(3)9-6-10-14(18)4/h5-10,15,28H,1-4H3,(H,22,25)/b23-17-/t15-/m1/s1. The predicted molar refractivity (Wildman–Crippen MR) is 106 cm³/mol. The van der Waals surface area contributed by atoms with Gasteiger partial charge in [0, 0.05) is 5.69 Å². The van der Waals surface area contributed by atoms with Crippen LogP contribution in [-0.2, 0) is 14.4 Å². The van der Waals surface area contributed by atoms with Gasteiger partial charge >= 0.3 is 0 Å². The van der Waals surface area contributed by atoms with E-state index in [0.29, 0.717) is 22.5 Å². The first kappa shape index (κ1) is 19.3. The molecule has 0 radical (unpaired) electrons. The summed E-state index contributed by atoms with van der Waals surface area (Å²) in [6, 6.07) is 10.9. The Labute approximate surface area is 162 Å². The summed E-state index contributed by atoms with van der Waals surface area (Å²) in [5.41, 5.74) is 3.52. The molecule has 2 N–H and O–H groups in total. The lowest BCUT2D eigenvalue weighted by atomic mass is 10.0. The number of nitrogens with zero attached hydrogens (tertiary/aromatic N) is 2. The average Bonchev–Trinajstić information content (AvgIpc) is 2.89. The molecule has 7 heteroatoms. The van der Waals surface area contributed by atoms with E-state index in [1.807, 2.05) is 38.1 Å². The Bertz CT molecular complexity index is 986. The van der Waals surface area contributed by atoms with Crippen LogP contribution in [0.5, 0.6) is 0 Å². The van der Waals surface area contributed by atoms with E-state index in [0.717, 1.165) is 16.0 Å². The van der Waals surface area contributed by atoms with Crippen molar-refractivity contribution in [2.75, 3.05) is 10.2 Å². The third-order valence-electron chi connectivity index (χ3n) is 4.93. The largest absolute Gasteiger partial charge is 0.410 e. The molecule has 0 aliphatic carbocycles. The van der Waals surface area contributed by atoms with E-state index in [1.54, 1.807) is 26.0 Å². The Hall–Kier alpha value is -3.48. The number of carbonyl (C=O) groups excluding carboxylic acids is 3. The molecule has 144 valence electrons. The number of carbonyl (C=O) groups is 3. The van der Waals surface area contributed by atoms with Gasteiger partial charge in [-0.25, -0.2) is 4.90 Å². The van der Waals surface area contributed by atoms with Gasteiger partial charge in [0.2, 0.25) is 5.91 Å². The van der Waals surface area contributed by atoms with Crippen LogP contribution in [0.25, 0.3) is 0 Å². The van der Waals surface area contributed by atoms with E-state index in [4.69, 9.17) is 0 Å². The van der Waals surface area contributed by atoms with Crippen molar-refractivity contribution in [2.24, 2.45) is 11.1 Å². The van der Waals surface area contributed by atoms with Gasteiger partial charge < -0.3 is 10.5 Å². The second kappa shape index (κ2) is 7.26. The molecular weight excluding hydrogens is 358 g/mol. The summed E-state index contributed by atoms with van der Waals surface area (Å²) in [6.07, 6.45) is 0. The molecule has 1 fully saturated rings. The third kappa shape index (κ3) is 3.05. The van der Waals surface area contributed by atoms with Crippen molar-refractivity contribution in [3.8, 4) is 0 Å². The molecule has 1 aliphatic heterocycles. The number of para-hydroxylation sites is 2. The highest BCUT2D eigenvalue weighted by atomic mass is 16.4. The van der Waals surface area contributed by atoms with E-state index >= 15 is 0 Å². The van der Waals surface area contributed by atoms with Crippen molar-refractivity contribution >= 4 is 34.8 Å². The topological polar surface area (TPSA) is 99.1 Å². The maximum atomic E-state index is 13.0. The first-order chi connectivity index (χ1) is 13.3. The second-order valence-corrected chi connectivity index (χ2v) is 6.89. The monoisotopic (exact) mass is 379 g/mol. The molecule has 2 aromatic rings. The molecular formula is C21H21N3O4. The van der Waals surface area contributed by atoms with Crippen molar-refractivity contribution in [2.45, 2.75) is 27.7 Å². The van der Waals surface area contributed by atoms with Gasteiger partial charge in [0.05, 0.1) is 5.69 Å². The lowest BCUT2D eigenvalue weighted by molar-refractivity contribution is -0.127. The molecule has 0 aromatic heterocycles. The quantitative estimate of drug-likeness (QED) is 0.371. The van der Waals surface area contributed by atoms with Gasteiger partial charge in [-0.3, -0.25) is 14.4 Å². The van der Waals surface area contributed by atoms with E-state index in [9.17, 15) is 19.6 Å². The number of rotatable bonds is 3. The summed E-state index contributed by atoms with van der Waals surface area (Å²) >= 11 is 0. The zero-order chi connectivity index (χ0) is 20.6. The Balaban J connectivity index is 2.01. The van der Waals surface area contributed by atoms with Crippen LogP contribution in [0.1, 0.15) is 22.3 Å². The highest BCUT2D eigenvalue weighted by molar-refractivity contribution is 6.61. The Morgan fingerprint density at radius 2 is 1.46 bits per heavy atom. The molecule has 1 atom stereocenters. The molecule has 2 aromatic carbocycles. The minimum atomic E-state index is -1.52. The SMILES string of the molecule is Cc1cccc(C)c1NC(=O)[C@@H]1C(=O)N(c2c(C)cccc2C)C(=O)/C1=N\O. The van der Waals surface area contributed by atoms with Gasteiger partial charge in [0.1, 0.15) is 0 Å². The highest BCUT2D eigenvalue weighted by Crippen LogP contribution is 2.32. The van der Waals surface area contributed by atoms with Crippen LogP contribution in [0, 0.1) is 33.6 Å². The third-order valence-corrected chi connectivity index (χ3v) is 4.93. The summed E-state index contributed by atoms with van der Waals surface area (Å²) in [5, 5.41) is 15.1. The number of hydrogen-bond donors (Lipinski definition) is 2. The smallest absolute Gasteiger partial charge is 0.284 e. The van der Waals surface area contributed by atoms with Crippen LogP contribution in [0.15, 0.2) is 41.6 Å². The van der Waals surface area contributed by atoms with E-state index in [-0.39, 0.29) is 0 Å².